The molecule has 2 heterocycles. The first-order chi connectivity index (χ1) is 10.3. The molecule has 0 unspecified atom stereocenters. The van der Waals surface area contributed by atoms with Gasteiger partial charge in [0, 0.05) is 29.4 Å². The summed E-state index contributed by atoms with van der Waals surface area (Å²) >= 11 is 1.62. The van der Waals surface area contributed by atoms with E-state index in [9.17, 15) is 4.79 Å². The first-order valence-electron chi connectivity index (χ1n) is 7.20. The largest absolute Gasteiger partial charge is 0.335 e. The minimum Gasteiger partial charge on any atom is -0.335 e. The van der Waals surface area contributed by atoms with Crippen molar-refractivity contribution in [2.75, 3.05) is 0 Å². The number of hydrogen-bond acceptors (Lipinski definition) is 4. The lowest BCUT2D eigenvalue weighted by Gasteiger charge is -2.13. The second-order valence-electron chi connectivity index (χ2n) is 5.17. The van der Waals surface area contributed by atoms with E-state index in [4.69, 9.17) is 0 Å². The van der Waals surface area contributed by atoms with Gasteiger partial charge in [0.25, 0.3) is 0 Å². The normalized spacial score (nSPS) is 15.0. The molecule has 2 amide bonds. The Balaban J connectivity index is 1.61. The van der Waals surface area contributed by atoms with E-state index in [1.807, 2.05) is 16.8 Å². The zero-order valence-electron chi connectivity index (χ0n) is 11.7. The fourth-order valence-corrected chi connectivity index (χ4v) is 3.25. The van der Waals surface area contributed by atoms with Crippen molar-refractivity contribution in [3.8, 4) is 11.3 Å². The summed E-state index contributed by atoms with van der Waals surface area (Å²) in [7, 11) is 0. The number of nitrogens with one attached hydrogen (secondary N) is 2. The molecule has 0 saturated heterocycles. The molecule has 1 aliphatic rings. The summed E-state index contributed by atoms with van der Waals surface area (Å²) in [6.07, 6.45) is 7.91. The topological polar surface area (TPSA) is 66.9 Å². The monoisotopic (exact) mass is 302 g/mol. The van der Waals surface area contributed by atoms with Gasteiger partial charge in [-0.15, -0.1) is 0 Å². The quantitative estimate of drug-likeness (QED) is 0.912. The summed E-state index contributed by atoms with van der Waals surface area (Å²) < 4.78 is 0. The van der Waals surface area contributed by atoms with Crippen molar-refractivity contribution >= 4 is 17.4 Å². The van der Waals surface area contributed by atoms with Crippen LogP contribution in [0.1, 0.15) is 31.4 Å². The highest BCUT2D eigenvalue weighted by Gasteiger charge is 2.17. The van der Waals surface area contributed by atoms with Gasteiger partial charge in [-0.2, -0.15) is 11.3 Å². The van der Waals surface area contributed by atoms with Crippen molar-refractivity contribution in [2.24, 2.45) is 0 Å². The lowest BCUT2D eigenvalue weighted by atomic mass is 10.2. The van der Waals surface area contributed by atoms with Gasteiger partial charge in [-0.05, 0) is 24.3 Å². The van der Waals surface area contributed by atoms with Gasteiger partial charge in [0.1, 0.15) is 0 Å². The SMILES string of the molecule is O=C(NCc1nccnc1-c1ccsc1)NC1CCCC1. The Morgan fingerprint density at radius 3 is 2.86 bits per heavy atom. The number of carbonyl (C=O) groups excluding carboxylic acids is 1. The number of carbonyl (C=O) groups is 1. The maximum atomic E-state index is 11.9. The number of rotatable bonds is 4. The molecule has 2 aromatic rings. The minimum absolute atomic E-state index is 0.121. The van der Waals surface area contributed by atoms with E-state index in [2.05, 4.69) is 20.6 Å². The van der Waals surface area contributed by atoms with Crippen molar-refractivity contribution in [2.45, 2.75) is 38.3 Å². The highest BCUT2D eigenvalue weighted by molar-refractivity contribution is 7.08. The standard InChI is InChI=1S/C15H18N4OS/c20-15(19-12-3-1-2-4-12)18-9-13-14(17-7-6-16-13)11-5-8-21-10-11/h5-8,10,12H,1-4,9H2,(H2,18,19,20). The molecule has 0 spiro atoms. The molecule has 0 radical (unpaired) electrons. The number of aromatic nitrogens is 2. The second kappa shape index (κ2) is 6.67. The van der Waals surface area contributed by atoms with Crippen LogP contribution >= 0.6 is 11.3 Å². The Morgan fingerprint density at radius 2 is 2.10 bits per heavy atom. The molecule has 1 saturated carbocycles. The number of thiophene rings is 1. The van der Waals surface area contributed by atoms with Crippen LogP contribution in [0.5, 0.6) is 0 Å². The van der Waals surface area contributed by atoms with Crippen molar-refractivity contribution < 1.29 is 4.79 Å². The Bertz CT molecular complexity index is 593. The summed E-state index contributed by atoms with van der Waals surface area (Å²) in [5.41, 5.74) is 2.67. The Kier molecular flexibility index (Phi) is 4.45. The van der Waals surface area contributed by atoms with Gasteiger partial charge in [0.05, 0.1) is 17.9 Å². The fraction of sp³-hybridized carbons (Fsp3) is 0.400. The fourth-order valence-electron chi connectivity index (χ4n) is 2.61. The molecule has 110 valence electrons. The zero-order valence-corrected chi connectivity index (χ0v) is 12.5. The molecule has 1 aliphatic carbocycles. The number of amides is 2. The second-order valence-corrected chi connectivity index (χ2v) is 5.95. The van der Waals surface area contributed by atoms with E-state index in [0.29, 0.717) is 12.6 Å². The van der Waals surface area contributed by atoms with Crippen LogP contribution in [-0.4, -0.2) is 22.0 Å². The van der Waals surface area contributed by atoms with E-state index >= 15 is 0 Å². The molecule has 0 atom stereocenters. The van der Waals surface area contributed by atoms with Gasteiger partial charge in [-0.1, -0.05) is 12.8 Å². The van der Waals surface area contributed by atoms with Crippen LogP contribution in [-0.2, 0) is 6.54 Å². The molecule has 6 heteroatoms. The summed E-state index contributed by atoms with van der Waals surface area (Å²) in [6.45, 7) is 0.386. The van der Waals surface area contributed by atoms with Gasteiger partial charge in [-0.3, -0.25) is 9.97 Å². The molecule has 0 aromatic carbocycles. The molecule has 1 fully saturated rings. The molecule has 0 bridgehead atoms. The van der Waals surface area contributed by atoms with Crippen molar-refractivity contribution in [1.29, 1.82) is 0 Å². The molecule has 3 rings (SSSR count). The minimum atomic E-state index is -0.121. The highest BCUT2D eigenvalue weighted by Crippen LogP contribution is 2.22. The molecule has 0 aliphatic heterocycles. The number of urea groups is 1. The molecule has 21 heavy (non-hydrogen) atoms. The Morgan fingerprint density at radius 1 is 1.29 bits per heavy atom. The first kappa shape index (κ1) is 14.0. The smallest absolute Gasteiger partial charge is 0.315 e. The van der Waals surface area contributed by atoms with Crippen LogP contribution in [0.25, 0.3) is 11.3 Å². The third-order valence-corrected chi connectivity index (χ3v) is 4.36. The predicted octanol–water partition coefficient (Wildman–Crippen LogP) is 2.95. The van der Waals surface area contributed by atoms with Crippen LogP contribution < -0.4 is 10.6 Å². The lowest BCUT2D eigenvalue weighted by Crippen LogP contribution is -2.40. The molecule has 5 nitrogen and oxygen atoms in total. The first-order valence-corrected chi connectivity index (χ1v) is 8.14. The zero-order chi connectivity index (χ0) is 14.5. The molecule has 2 N–H and O–H groups in total. The van der Waals surface area contributed by atoms with Crippen molar-refractivity contribution in [3.63, 3.8) is 0 Å². The average Bonchev–Trinajstić information content (AvgIpc) is 3.18. The molecule has 2 aromatic heterocycles. The van der Waals surface area contributed by atoms with Gasteiger partial charge >= 0.3 is 6.03 Å². The van der Waals surface area contributed by atoms with E-state index in [0.717, 1.165) is 29.8 Å². The Hall–Kier alpha value is -1.95. The number of hydrogen-bond donors (Lipinski definition) is 2. The van der Waals surface area contributed by atoms with Crippen molar-refractivity contribution in [3.05, 3.63) is 34.9 Å². The van der Waals surface area contributed by atoms with Crippen LogP contribution in [0.3, 0.4) is 0 Å². The third-order valence-electron chi connectivity index (χ3n) is 3.68. The predicted molar refractivity (Wildman–Crippen MR) is 83.0 cm³/mol. The summed E-state index contributed by atoms with van der Waals surface area (Å²) in [4.78, 5) is 20.6. The summed E-state index contributed by atoms with van der Waals surface area (Å²) in [5, 5.41) is 9.93. The summed E-state index contributed by atoms with van der Waals surface area (Å²) in [6, 6.07) is 2.21. The lowest BCUT2D eigenvalue weighted by molar-refractivity contribution is 0.236. The number of nitrogens with zero attached hydrogens (tertiary/aromatic N) is 2. The third kappa shape index (κ3) is 3.58. The van der Waals surface area contributed by atoms with Crippen molar-refractivity contribution in [1.82, 2.24) is 20.6 Å². The summed E-state index contributed by atoms with van der Waals surface area (Å²) in [5.74, 6) is 0. The molecular formula is C15H18N4OS. The van der Waals surface area contributed by atoms with Gasteiger partial charge < -0.3 is 10.6 Å². The van der Waals surface area contributed by atoms with Gasteiger partial charge in [0.15, 0.2) is 0 Å². The molecular weight excluding hydrogens is 284 g/mol. The van der Waals surface area contributed by atoms with Crippen LogP contribution in [0.15, 0.2) is 29.2 Å². The average molecular weight is 302 g/mol. The van der Waals surface area contributed by atoms with E-state index in [1.54, 1.807) is 23.7 Å². The van der Waals surface area contributed by atoms with Crippen LogP contribution in [0.2, 0.25) is 0 Å². The van der Waals surface area contributed by atoms with Gasteiger partial charge in [-0.25, -0.2) is 4.79 Å². The van der Waals surface area contributed by atoms with E-state index in [-0.39, 0.29) is 6.03 Å². The van der Waals surface area contributed by atoms with E-state index < -0.39 is 0 Å². The van der Waals surface area contributed by atoms with Crippen LogP contribution in [0, 0.1) is 0 Å². The van der Waals surface area contributed by atoms with E-state index in [1.165, 1.54) is 12.8 Å². The highest BCUT2D eigenvalue weighted by atomic mass is 32.1. The van der Waals surface area contributed by atoms with Crippen LogP contribution in [0.4, 0.5) is 4.79 Å². The maximum Gasteiger partial charge on any atom is 0.315 e. The maximum absolute atomic E-state index is 11.9. The Labute approximate surface area is 127 Å². The van der Waals surface area contributed by atoms with Gasteiger partial charge in [0.2, 0.25) is 0 Å².